The lowest BCUT2D eigenvalue weighted by Crippen LogP contribution is -2.19. The maximum atomic E-state index is 13.6. The molecule has 0 spiro atoms. The normalized spacial score (nSPS) is 12.4. The third-order valence-corrected chi connectivity index (χ3v) is 3.70. The van der Waals surface area contributed by atoms with Gasteiger partial charge in [-0.3, -0.25) is 0 Å². The lowest BCUT2D eigenvalue weighted by molar-refractivity contribution is 0.574. The van der Waals surface area contributed by atoms with Gasteiger partial charge in [-0.05, 0) is 49.2 Å². The first-order valence-electron chi connectivity index (χ1n) is 6.28. The van der Waals surface area contributed by atoms with Gasteiger partial charge >= 0.3 is 0 Å². The molecule has 0 aliphatic rings. The number of aryl methyl sites for hydroxylation is 1. The highest BCUT2D eigenvalue weighted by Crippen LogP contribution is 2.24. The molecule has 2 aromatic rings. The molecule has 0 fully saturated rings. The van der Waals surface area contributed by atoms with Crippen LogP contribution < -0.4 is 5.32 Å². The van der Waals surface area contributed by atoms with Gasteiger partial charge in [0.05, 0.1) is 0 Å². The summed E-state index contributed by atoms with van der Waals surface area (Å²) in [6.07, 6.45) is 0.735. The molecule has 0 amide bonds. The Balaban J connectivity index is 2.25. The van der Waals surface area contributed by atoms with Gasteiger partial charge in [0.15, 0.2) is 0 Å². The van der Waals surface area contributed by atoms with Crippen LogP contribution in [0, 0.1) is 12.7 Å². The highest BCUT2D eigenvalue weighted by Gasteiger charge is 2.13. The van der Waals surface area contributed by atoms with Crippen molar-refractivity contribution in [1.29, 1.82) is 0 Å². The van der Waals surface area contributed by atoms with Gasteiger partial charge in [0.25, 0.3) is 0 Å². The molecule has 19 heavy (non-hydrogen) atoms. The van der Waals surface area contributed by atoms with Crippen LogP contribution in [-0.2, 0) is 6.42 Å². The third-order valence-electron chi connectivity index (χ3n) is 3.33. The van der Waals surface area contributed by atoms with Crippen LogP contribution in [0.1, 0.15) is 22.7 Å². The van der Waals surface area contributed by atoms with Gasteiger partial charge in [-0.2, -0.15) is 0 Å². The van der Waals surface area contributed by atoms with Crippen LogP contribution >= 0.6 is 11.6 Å². The average molecular weight is 278 g/mol. The van der Waals surface area contributed by atoms with Gasteiger partial charge in [-0.25, -0.2) is 4.39 Å². The number of likely N-dealkylation sites (N-methyl/N-ethyl adjacent to an activating group) is 1. The maximum Gasteiger partial charge on any atom is 0.126 e. The highest BCUT2D eigenvalue weighted by molar-refractivity contribution is 6.31. The summed E-state index contributed by atoms with van der Waals surface area (Å²) >= 11 is 6.17. The topological polar surface area (TPSA) is 12.0 Å². The van der Waals surface area contributed by atoms with E-state index in [2.05, 4.69) is 5.32 Å². The quantitative estimate of drug-likeness (QED) is 0.879. The summed E-state index contributed by atoms with van der Waals surface area (Å²) in [5.74, 6) is -0.170. The van der Waals surface area contributed by atoms with Gasteiger partial charge < -0.3 is 5.32 Å². The summed E-state index contributed by atoms with van der Waals surface area (Å²) in [5, 5.41) is 3.96. The molecule has 1 atom stereocenters. The molecular weight excluding hydrogens is 261 g/mol. The minimum atomic E-state index is -0.170. The van der Waals surface area contributed by atoms with E-state index in [0.717, 1.165) is 22.6 Å². The van der Waals surface area contributed by atoms with Crippen LogP contribution in [-0.4, -0.2) is 7.05 Å². The number of benzene rings is 2. The van der Waals surface area contributed by atoms with Crippen molar-refractivity contribution in [3.8, 4) is 0 Å². The van der Waals surface area contributed by atoms with E-state index in [0.29, 0.717) is 5.56 Å². The van der Waals surface area contributed by atoms with E-state index >= 15 is 0 Å². The first-order valence-corrected chi connectivity index (χ1v) is 6.66. The smallest absolute Gasteiger partial charge is 0.126 e. The zero-order valence-corrected chi connectivity index (χ0v) is 11.8. The van der Waals surface area contributed by atoms with Crippen molar-refractivity contribution in [3.63, 3.8) is 0 Å². The van der Waals surface area contributed by atoms with E-state index in [9.17, 15) is 4.39 Å². The zero-order valence-electron chi connectivity index (χ0n) is 11.1. The standard InChI is InChI=1S/C16H17ClFN/c1-11-7-8-13(9-15(11)18)16(19-2)10-12-5-3-4-6-14(12)17/h3-9,16,19H,10H2,1-2H3. The van der Waals surface area contributed by atoms with E-state index in [-0.39, 0.29) is 11.9 Å². The number of halogens is 2. The lowest BCUT2D eigenvalue weighted by Gasteiger charge is -2.18. The van der Waals surface area contributed by atoms with Crippen LogP contribution in [0.5, 0.6) is 0 Å². The minimum absolute atomic E-state index is 0.0509. The predicted octanol–water partition coefficient (Wildman–Crippen LogP) is 4.29. The molecule has 0 saturated carbocycles. The first-order chi connectivity index (χ1) is 9.11. The fraction of sp³-hybridized carbons (Fsp3) is 0.250. The Morgan fingerprint density at radius 3 is 2.58 bits per heavy atom. The molecule has 1 nitrogen and oxygen atoms in total. The number of nitrogens with one attached hydrogen (secondary N) is 1. The van der Waals surface area contributed by atoms with E-state index in [1.54, 1.807) is 13.0 Å². The highest BCUT2D eigenvalue weighted by atomic mass is 35.5. The zero-order chi connectivity index (χ0) is 13.8. The van der Waals surface area contributed by atoms with Crippen LogP contribution in [0.25, 0.3) is 0 Å². The summed E-state index contributed by atoms with van der Waals surface area (Å²) in [7, 11) is 1.87. The van der Waals surface area contributed by atoms with Crippen molar-refractivity contribution in [2.24, 2.45) is 0 Å². The Kier molecular flexibility index (Phi) is 4.56. The van der Waals surface area contributed by atoms with E-state index in [4.69, 9.17) is 11.6 Å². The van der Waals surface area contributed by atoms with Crippen molar-refractivity contribution in [2.45, 2.75) is 19.4 Å². The Bertz CT molecular complexity index is 568. The Hall–Kier alpha value is -1.38. The van der Waals surface area contributed by atoms with Crippen molar-refractivity contribution >= 4 is 11.6 Å². The van der Waals surface area contributed by atoms with Crippen molar-refractivity contribution in [3.05, 3.63) is 70.0 Å². The summed E-state index contributed by atoms with van der Waals surface area (Å²) in [6.45, 7) is 1.77. The molecule has 0 aliphatic heterocycles. The second-order valence-electron chi connectivity index (χ2n) is 4.65. The maximum absolute atomic E-state index is 13.6. The molecule has 2 rings (SSSR count). The van der Waals surface area contributed by atoms with Gasteiger partial charge in [0, 0.05) is 11.1 Å². The van der Waals surface area contributed by atoms with E-state index in [1.165, 1.54) is 0 Å². The van der Waals surface area contributed by atoms with Gasteiger partial charge in [-0.1, -0.05) is 41.9 Å². The van der Waals surface area contributed by atoms with Crippen molar-refractivity contribution < 1.29 is 4.39 Å². The molecule has 0 saturated heterocycles. The summed E-state index contributed by atoms with van der Waals surface area (Å²) in [6, 6.07) is 13.1. The molecule has 0 heterocycles. The fourth-order valence-corrected chi connectivity index (χ4v) is 2.31. The second kappa shape index (κ2) is 6.18. The predicted molar refractivity (Wildman–Crippen MR) is 78.1 cm³/mol. The number of rotatable bonds is 4. The van der Waals surface area contributed by atoms with Crippen molar-refractivity contribution in [2.75, 3.05) is 7.05 Å². The first kappa shape index (κ1) is 14.0. The van der Waals surface area contributed by atoms with Gasteiger partial charge in [-0.15, -0.1) is 0 Å². The molecular formula is C16H17ClFN. The van der Waals surface area contributed by atoms with E-state index in [1.807, 2.05) is 43.4 Å². The monoisotopic (exact) mass is 277 g/mol. The van der Waals surface area contributed by atoms with Crippen LogP contribution in [0.15, 0.2) is 42.5 Å². The van der Waals surface area contributed by atoms with Crippen molar-refractivity contribution in [1.82, 2.24) is 5.32 Å². The molecule has 1 unspecified atom stereocenters. The van der Waals surface area contributed by atoms with E-state index < -0.39 is 0 Å². The summed E-state index contributed by atoms with van der Waals surface area (Å²) in [5.41, 5.74) is 2.66. The van der Waals surface area contributed by atoms with Gasteiger partial charge in [0.1, 0.15) is 5.82 Å². The van der Waals surface area contributed by atoms with Crippen LogP contribution in [0.2, 0.25) is 5.02 Å². The number of hydrogen-bond donors (Lipinski definition) is 1. The van der Waals surface area contributed by atoms with Crippen LogP contribution in [0.3, 0.4) is 0 Å². The number of hydrogen-bond acceptors (Lipinski definition) is 1. The van der Waals surface area contributed by atoms with Gasteiger partial charge in [0.2, 0.25) is 0 Å². The Labute approximate surface area is 118 Å². The molecule has 3 heteroatoms. The largest absolute Gasteiger partial charge is 0.313 e. The summed E-state index contributed by atoms with van der Waals surface area (Å²) < 4.78 is 13.6. The Morgan fingerprint density at radius 1 is 1.21 bits per heavy atom. The van der Waals surface area contributed by atoms with Crippen LogP contribution in [0.4, 0.5) is 4.39 Å². The molecule has 0 aliphatic carbocycles. The molecule has 0 radical (unpaired) electrons. The minimum Gasteiger partial charge on any atom is -0.313 e. The average Bonchev–Trinajstić information content (AvgIpc) is 2.41. The fourth-order valence-electron chi connectivity index (χ4n) is 2.10. The molecule has 0 bridgehead atoms. The SMILES string of the molecule is CNC(Cc1ccccc1Cl)c1ccc(C)c(F)c1. The Morgan fingerprint density at radius 2 is 1.95 bits per heavy atom. The molecule has 1 N–H and O–H groups in total. The second-order valence-corrected chi connectivity index (χ2v) is 5.05. The molecule has 0 aromatic heterocycles. The third kappa shape index (κ3) is 3.34. The summed E-state index contributed by atoms with van der Waals surface area (Å²) in [4.78, 5) is 0. The molecule has 2 aromatic carbocycles. The lowest BCUT2D eigenvalue weighted by atomic mass is 9.98. The molecule has 100 valence electrons.